The van der Waals surface area contributed by atoms with E-state index in [4.69, 9.17) is 9.47 Å². The number of rotatable bonds is 4. The van der Waals surface area contributed by atoms with Gasteiger partial charge in [0.1, 0.15) is 13.2 Å². The van der Waals surface area contributed by atoms with Crippen molar-refractivity contribution in [3.63, 3.8) is 0 Å². The summed E-state index contributed by atoms with van der Waals surface area (Å²) in [4.78, 5) is 39.8. The van der Waals surface area contributed by atoms with E-state index >= 15 is 0 Å². The standard InChI is InChI=1S/C26H21N3O5/c1-15-2-6-19(27-25(31)18-4-8-22-23(13-18)34-11-10-33-22)14-21(15)29-26(32)17-3-7-20-16(12-17)5-9-24(30)28-20/h2-9,12-14H,10-11H2,1H3,(H,27,31)(H,28,30)(H,29,32). The highest BCUT2D eigenvalue weighted by molar-refractivity contribution is 6.08. The lowest BCUT2D eigenvalue weighted by molar-refractivity contribution is 0.101. The molecular formula is C26H21N3O5. The molecule has 5 rings (SSSR count). The molecule has 0 radical (unpaired) electrons. The minimum atomic E-state index is -0.304. The van der Waals surface area contributed by atoms with Crippen LogP contribution < -0.4 is 25.7 Å². The first-order chi connectivity index (χ1) is 16.5. The van der Waals surface area contributed by atoms with Gasteiger partial charge in [-0.15, -0.1) is 0 Å². The van der Waals surface area contributed by atoms with Crippen LogP contribution in [-0.4, -0.2) is 30.0 Å². The van der Waals surface area contributed by atoms with Gasteiger partial charge < -0.3 is 25.1 Å². The third-order valence-corrected chi connectivity index (χ3v) is 5.53. The van der Waals surface area contributed by atoms with E-state index in [0.717, 1.165) is 10.9 Å². The van der Waals surface area contributed by atoms with Crippen molar-refractivity contribution in [2.24, 2.45) is 0 Å². The summed E-state index contributed by atoms with van der Waals surface area (Å²) >= 11 is 0. The summed E-state index contributed by atoms with van der Waals surface area (Å²) in [5, 5.41) is 6.51. The molecule has 0 saturated carbocycles. The number of pyridine rings is 1. The number of amides is 2. The van der Waals surface area contributed by atoms with E-state index in [1.165, 1.54) is 6.07 Å². The average molecular weight is 455 g/mol. The van der Waals surface area contributed by atoms with Gasteiger partial charge in [0.05, 0.1) is 0 Å². The molecule has 0 bridgehead atoms. The van der Waals surface area contributed by atoms with Gasteiger partial charge in [0.25, 0.3) is 11.8 Å². The summed E-state index contributed by atoms with van der Waals surface area (Å²) in [6.45, 7) is 2.79. The van der Waals surface area contributed by atoms with Crippen LogP contribution in [-0.2, 0) is 0 Å². The number of anilines is 2. The first-order valence-electron chi connectivity index (χ1n) is 10.7. The minimum Gasteiger partial charge on any atom is -0.486 e. The molecule has 8 heteroatoms. The van der Waals surface area contributed by atoms with Gasteiger partial charge in [-0.25, -0.2) is 0 Å². The second kappa shape index (κ2) is 8.74. The molecule has 2 amide bonds. The minimum absolute atomic E-state index is 0.199. The Bertz CT molecular complexity index is 1490. The van der Waals surface area contributed by atoms with Gasteiger partial charge in [-0.3, -0.25) is 14.4 Å². The van der Waals surface area contributed by atoms with Crippen LogP contribution in [0.5, 0.6) is 11.5 Å². The van der Waals surface area contributed by atoms with Crippen LogP contribution in [0, 0.1) is 6.92 Å². The van der Waals surface area contributed by atoms with E-state index in [-0.39, 0.29) is 17.4 Å². The number of hydrogen-bond acceptors (Lipinski definition) is 5. The van der Waals surface area contributed by atoms with E-state index in [2.05, 4.69) is 15.6 Å². The number of aromatic amines is 1. The Balaban J connectivity index is 1.33. The van der Waals surface area contributed by atoms with Crippen molar-refractivity contribution in [1.82, 2.24) is 4.98 Å². The number of nitrogens with one attached hydrogen (secondary N) is 3. The van der Waals surface area contributed by atoms with E-state index in [9.17, 15) is 14.4 Å². The Morgan fingerprint density at radius 1 is 0.794 bits per heavy atom. The van der Waals surface area contributed by atoms with Gasteiger partial charge in [0.15, 0.2) is 11.5 Å². The van der Waals surface area contributed by atoms with Crippen LogP contribution in [0.15, 0.2) is 71.5 Å². The first kappa shape index (κ1) is 21.3. The summed E-state index contributed by atoms with van der Waals surface area (Å²) in [6.07, 6.45) is 0. The lowest BCUT2D eigenvalue weighted by Gasteiger charge is -2.18. The number of aryl methyl sites for hydroxylation is 1. The highest BCUT2D eigenvalue weighted by Crippen LogP contribution is 2.31. The van der Waals surface area contributed by atoms with Crippen molar-refractivity contribution in [2.75, 3.05) is 23.8 Å². The third kappa shape index (κ3) is 4.33. The number of carbonyl (C=O) groups excluding carboxylic acids is 2. The molecule has 34 heavy (non-hydrogen) atoms. The topological polar surface area (TPSA) is 110 Å². The van der Waals surface area contributed by atoms with Gasteiger partial charge >= 0.3 is 0 Å². The maximum Gasteiger partial charge on any atom is 0.255 e. The smallest absolute Gasteiger partial charge is 0.255 e. The normalized spacial score (nSPS) is 12.3. The highest BCUT2D eigenvalue weighted by atomic mass is 16.6. The van der Waals surface area contributed by atoms with Gasteiger partial charge in [-0.2, -0.15) is 0 Å². The molecule has 2 heterocycles. The van der Waals surface area contributed by atoms with Crippen molar-refractivity contribution in [3.8, 4) is 11.5 Å². The van der Waals surface area contributed by atoms with Crippen LogP contribution in [0.3, 0.4) is 0 Å². The van der Waals surface area contributed by atoms with Crippen LogP contribution in [0.1, 0.15) is 26.3 Å². The Labute approximate surface area is 194 Å². The molecule has 0 spiro atoms. The molecule has 0 atom stereocenters. The fourth-order valence-electron chi connectivity index (χ4n) is 3.71. The molecule has 1 aliphatic rings. The molecule has 4 aromatic rings. The summed E-state index contributed by atoms with van der Waals surface area (Å²) in [7, 11) is 0. The number of ether oxygens (including phenoxy) is 2. The predicted octanol–water partition coefficient (Wildman–Crippen LogP) is 4.11. The zero-order chi connectivity index (χ0) is 23.7. The molecule has 0 aliphatic carbocycles. The molecule has 1 aliphatic heterocycles. The van der Waals surface area contributed by atoms with Crippen LogP contribution >= 0.6 is 0 Å². The van der Waals surface area contributed by atoms with Crippen molar-refractivity contribution in [2.45, 2.75) is 6.92 Å². The number of hydrogen-bond donors (Lipinski definition) is 3. The average Bonchev–Trinajstić information content (AvgIpc) is 2.85. The highest BCUT2D eigenvalue weighted by Gasteiger charge is 2.16. The van der Waals surface area contributed by atoms with Gasteiger partial charge in [0.2, 0.25) is 5.56 Å². The predicted molar refractivity (Wildman–Crippen MR) is 129 cm³/mol. The second-order valence-corrected chi connectivity index (χ2v) is 7.92. The van der Waals surface area contributed by atoms with Crippen LogP contribution in [0.25, 0.3) is 10.9 Å². The van der Waals surface area contributed by atoms with Crippen molar-refractivity contribution in [1.29, 1.82) is 0 Å². The molecule has 3 aromatic carbocycles. The van der Waals surface area contributed by atoms with Gasteiger partial charge in [0, 0.05) is 34.1 Å². The number of benzene rings is 3. The summed E-state index contributed by atoms with van der Waals surface area (Å²) in [6, 6.07) is 18.5. The number of aromatic nitrogens is 1. The second-order valence-electron chi connectivity index (χ2n) is 7.92. The lowest BCUT2D eigenvalue weighted by atomic mass is 10.1. The van der Waals surface area contributed by atoms with Crippen LogP contribution in [0.2, 0.25) is 0 Å². The van der Waals surface area contributed by atoms with E-state index in [1.54, 1.807) is 54.6 Å². The largest absolute Gasteiger partial charge is 0.486 e. The Morgan fingerprint density at radius 3 is 2.38 bits per heavy atom. The Hall–Kier alpha value is -4.59. The van der Waals surface area contributed by atoms with E-state index in [1.807, 2.05) is 13.0 Å². The Kier molecular flexibility index (Phi) is 5.47. The first-order valence-corrected chi connectivity index (χ1v) is 10.7. The number of carbonyl (C=O) groups is 2. The third-order valence-electron chi connectivity index (χ3n) is 5.53. The van der Waals surface area contributed by atoms with Crippen LogP contribution in [0.4, 0.5) is 11.4 Å². The summed E-state index contributed by atoms with van der Waals surface area (Å²) in [5.41, 5.74) is 3.30. The molecule has 0 fully saturated rings. The zero-order valence-corrected chi connectivity index (χ0v) is 18.3. The molecular weight excluding hydrogens is 434 g/mol. The monoisotopic (exact) mass is 455 g/mol. The summed E-state index contributed by atoms with van der Waals surface area (Å²) in [5.74, 6) is 0.548. The van der Waals surface area contributed by atoms with Crippen molar-refractivity contribution >= 4 is 34.1 Å². The van der Waals surface area contributed by atoms with E-state index in [0.29, 0.717) is 52.7 Å². The number of H-pyrrole nitrogens is 1. The van der Waals surface area contributed by atoms with Crippen molar-refractivity contribution < 1.29 is 19.1 Å². The fourth-order valence-corrected chi connectivity index (χ4v) is 3.71. The van der Waals surface area contributed by atoms with Crippen molar-refractivity contribution in [3.05, 3.63) is 93.8 Å². The molecule has 0 unspecified atom stereocenters. The Morgan fingerprint density at radius 2 is 1.53 bits per heavy atom. The summed E-state index contributed by atoms with van der Waals surface area (Å²) < 4.78 is 11.0. The van der Waals surface area contributed by atoms with Gasteiger partial charge in [-0.1, -0.05) is 6.07 Å². The van der Waals surface area contributed by atoms with Gasteiger partial charge in [-0.05, 0) is 72.5 Å². The molecule has 8 nitrogen and oxygen atoms in total. The SMILES string of the molecule is Cc1ccc(NC(=O)c2ccc3c(c2)OCCO3)cc1NC(=O)c1ccc2[nH]c(=O)ccc2c1. The maximum atomic E-state index is 12.9. The maximum absolute atomic E-state index is 12.9. The lowest BCUT2D eigenvalue weighted by Crippen LogP contribution is -2.17. The molecule has 170 valence electrons. The molecule has 0 saturated heterocycles. The zero-order valence-electron chi connectivity index (χ0n) is 18.3. The quantitative estimate of drug-likeness (QED) is 0.429. The molecule has 3 N–H and O–H groups in total. The molecule has 1 aromatic heterocycles. The van der Waals surface area contributed by atoms with E-state index < -0.39 is 0 Å². The fraction of sp³-hybridized carbons (Fsp3) is 0.115. The number of fused-ring (bicyclic) bond motifs is 2.